The fraction of sp³-hybridized carbons (Fsp3) is 0.667. The molecule has 0 aliphatic carbocycles. The summed E-state index contributed by atoms with van der Waals surface area (Å²) in [4.78, 5) is 2.78. The van der Waals surface area contributed by atoms with E-state index in [0.717, 1.165) is 44.5 Å². The zero-order valence-corrected chi connectivity index (χ0v) is 15.4. The number of piperidine rings is 2. The summed E-state index contributed by atoms with van der Waals surface area (Å²) in [7, 11) is -1.15. The number of sulfonamides is 1. The molecule has 134 valence electrons. The normalized spacial score (nSPS) is 21.9. The van der Waals surface area contributed by atoms with Crippen molar-refractivity contribution >= 4 is 10.0 Å². The molecule has 24 heavy (non-hydrogen) atoms. The lowest BCUT2D eigenvalue weighted by Gasteiger charge is -2.29. The van der Waals surface area contributed by atoms with Crippen LogP contribution in [0.4, 0.5) is 0 Å². The van der Waals surface area contributed by atoms with E-state index >= 15 is 0 Å². The molecule has 1 aromatic carbocycles. The van der Waals surface area contributed by atoms with E-state index in [1.165, 1.54) is 12.8 Å². The van der Waals surface area contributed by atoms with Crippen molar-refractivity contribution in [3.05, 3.63) is 29.8 Å². The van der Waals surface area contributed by atoms with Crippen LogP contribution >= 0.6 is 0 Å². The van der Waals surface area contributed by atoms with Crippen LogP contribution in [-0.2, 0) is 16.6 Å². The molecule has 2 fully saturated rings. The summed E-state index contributed by atoms with van der Waals surface area (Å²) in [5.74, 6) is 0. The molecule has 2 heterocycles. The van der Waals surface area contributed by atoms with Crippen molar-refractivity contribution in [1.82, 2.24) is 14.5 Å². The van der Waals surface area contributed by atoms with Gasteiger partial charge >= 0.3 is 0 Å². The van der Waals surface area contributed by atoms with Gasteiger partial charge in [-0.3, -0.25) is 0 Å². The Morgan fingerprint density at radius 1 is 1.00 bits per heavy atom. The average molecular weight is 352 g/mol. The van der Waals surface area contributed by atoms with Crippen molar-refractivity contribution in [2.45, 2.75) is 49.6 Å². The van der Waals surface area contributed by atoms with Gasteiger partial charge in [-0.15, -0.1) is 0 Å². The molecule has 2 aliphatic rings. The van der Waals surface area contributed by atoms with Crippen molar-refractivity contribution < 1.29 is 8.42 Å². The van der Waals surface area contributed by atoms with Crippen LogP contribution in [0.2, 0.25) is 0 Å². The Labute approximate surface area is 146 Å². The first-order chi connectivity index (χ1) is 11.6. The van der Waals surface area contributed by atoms with E-state index < -0.39 is 10.0 Å². The van der Waals surface area contributed by atoms with Crippen LogP contribution < -0.4 is 5.32 Å². The van der Waals surface area contributed by atoms with Crippen molar-refractivity contribution in [1.29, 1.82) is 0 Å². The lowest BCUT2D eigenvalue weighted by Crippen LogP contribution is -2.40. The van der Waals surface area contributed by atoms with Crippen molar-refractivity contribution in [3.8, 4) is 0 Å². The van der Waals surface area contributed by atoms with Crippen molar-refractivity contribution in [3.63, 3.8) is 0 Å². The SMILES string of the molecule is CN1CCC(NCc2ccc(S(=O)(=O)N3CCCCC3)cc2)CC1. The molecule has 2 saturated heterocycles. The predicted octanol–water partition coefficient (Wildman–Crippen LogP) is 2.04. The maximum absolute atomic E-state index is 12.6. The maximum Gasteiger partial charge on any atom is 0.243 e. The molecule has 0 atom stereocenters. The van der Waals surface area contributed by atoms with Gasteiger partial charge in [0, 0.05) is 25.7 Å². The number of likely N-dealkylation sites (tertiary alicyclic amines) is 1. The number of nitrogens with zero attached hydrogens (tertiary/aromatic N) is 2. The standard InChI is InChI=1S/C18H29N3O2S/c1-20-13-9-17(10-14-20)19-15-16-5-7-18(8-6-16)24(22,23)21-11-3-2-4-12-21/h5-8,17,19H,2-4,9-15H2,1H3. The largest absolute Gasteiger partial charge is 0.310 e. The van der Waals surface area contributed by atoms with Gasteiger partial charge in [-0.05, 0) is 63.5 Å². The Hall–Kier alpha value is -0.950. The second kappa shape index (κ2) is 7.95. The quantitative estimate of drug-likeness (QED) is 0.882. The molecule has 0 spiro atoms. The number of nitrogens with one attached hydrogen (secondary N) is 1. The van der Waals surface area contributed by atoms with Gasteiger partial charge in [0.25, 0.3) is 0 Å². The average Bonchev–Trinajstić information content (AvgIpc) is 2.62. The molecule has 0 amide bonds. The number of rotatable bonds is 5. The fourth-order valence-electron chi connectivity index (χ4n) is 3.51. The smallest absolute Gasteiger partial charge is 0.243 e. The molecule has 0 saturated carbocycles. The molecular formula is C18H29N3O2S. The third-order valence-electron chi connectivity index (χ3n) is 5.19. The van der Waals surface area contributed by atoms with Crippen LogP contribution in [0.5, 0.6) is 0 Å². The summed E-state index contributed by atoms with van der Waals surface area (Å²) in [5, 5.41) is 3.59. The zero-order chi connectivity index (χ0) is 17.0. The van der Waals surface area contributed by atoms with Gasteiger partial charge in [0.1, 0.15) is 0 Å². The highest BCUT2D eigenvalue weighted by molar-refractivity contribution is 7.89. The number of benzene rings is 1. The molecule has 2 aliphatic heterocycles. The molecular weight excluding hydrogens is 322 g/mol. The van der Waals surface area contributed by atoms with Crippen LogP contribution in [0.25, 0.3) is 0 Å². The molecule has 0 unspecified atom stereocenters. The van der Waals surface area contributed by atoms with Crippen LogP contribution in [-0.4, -0.2) is 56.9 Å². The van der Waals surface area contributed by atoms with Crippen LogP contribution in [0.3, 0.4) is 0 Å². The van der Waals surface area contributed by atoms with Gasteiger partial charge in [-0.25, -0.2) is 8.42 Å². The van der Waals surface area contributed by atoms with Gasteiger partial charge in [0.05, 0.1) is 4.90 Å². The van der Waals surface area contributed by atoms with Crippen LogP contribution in [0.15, 0.2) is 29.2 Å². The summed E-state index contributed by atoms with van der Waals surface area (Å²) in [6, 6.07) is 7.97. The summed E-state index contributed by atoms with van der Waals surface area (Å²) in [5.41, 5.74) is 1.14. The van der Waals surface area contributed by atoms with Gasteiger partial charge < -0.3 is 10.2 Å². The summed E-state index contributed by atoms with van der Waals surface area (Å²) in [6.07, 6.45) is 5.43. The fourth-order valence-corrected chi connectivity index (χ4v) is 5.03. The first kappa shape index (κ1) is 17.9. The highest BCUT2D eigenvalue weighted by Crippen LogP contribution is 2.21. The summed E-state index contributed by atoms with van der Waals surface area (Å²) in [6.45, 7) is 4.40. The van der Waals surface area contributed by atoms with Crippen LogP contribution in [0, 0.1) is 0 Å². The highest BCUT2D eigenvalue weighted by Gasteiger charge is 2.25. The maximum atomic E-state index is 12.6. The third-order valence-corrected chi connectivity index (χ3v) is 7.10. The zero-order valence-electron chi connectivity index (χ0n) is 14.6. The molecule has 6 heteroatoms. The van der Waals surface area contributed by atoms with Gasteiger partial charge in [0.15, 0.2) is 0 Å². The lowest BCUT2D eigenvalue weighted by atomic mass is 10.1. The molecule has 0 bridgehead atoms. The molecule has 5 nitrogen and oxygen atoms in total. The number of hydrogen-bond acceptors (Lipinski definition) is 4. The Morgan fingerprint density at radius 3 is 2.25 bits per heavy atom. The minimum absolute atomic E-state index is 0.424. The molecule has 0 aromatic heterocycles. The molecule has 3 rings (SSSR count). The Morgan fingerprint density at radius 2 is 1.62 bits per heavy atom. The Balaban J connectivity index is 1.56. The van der Waals surface area contributed by atoms with Gasteiger partial charge in [0.2, 0.25) is 10.0 Å². The second-order valence-corrected chi connectivity index (χ2v) is 9.01. The first-order valence-corrected chi connectivity index (χ1v) is 10.5. The van der Waals surface area contributed by atoms with E-state index in [9.17, 15) is 8.42 Å². The van der Waals surface area contributed by atoms with E-state index in [4.69, 9.17) is 0 Å². The monoisotopic (exact) mass is 351 g/mol. The highest BCUT2D eigenvalue weighted by atomic mass is 32.2. The van der Waals surface area contributed by atoms with E-state index in [1.807, 2.05) is 12.1 Å². The number of hydrogen-bond donors (Lipinski definition) is 1. The second-order valence-electron chi connectivity index (χ2n) is 7.07. The topological polar surface area (TPSA) is 52.7 Å². The lowest BCUT2D eigenvalue weighted by molar-refractivity contribution is 0.234. The summed E-state index contributed by atoms with van der Waals surface area (Å²) >= 11 is 0. The molecule has 1 aromatic rings. The van der Waals surface area contributed by atoms with Crippen molar-refractivity contribution in [2.75, 3.05) is 33.2 Å². The Kier molecular flexibility index (Phi) is 5.92. The van der Waals surface area contributed by atoms with E-state index in [1.54, 1.807) is 16.4 Å². The van der Waals surface area contributed by atoms with Gasteiger partial charge in [-0.1, -0.05) is 18.6 Å². The summed E-state index contributed by atoms with van der Waals surface area (Å²) < 4.78 is 26.9. The molecule has 0 radical (unpaired) electrons. The first-order valence-electron chi connectivity index (χ1n) is 9.07. The minimum Gasteiger partial charge on any atom is -0.310 e. The van der Waals surface area contributed by atoms with E-state index in [-0.39, 0.29) is 0 Å². The van der Waals surface area contributed by atoms with Crippen LogP contribution in [0.1, 0.15) is 37.7 Å². The minimum atomic E-state index is -3.31. The Bertz CT molecular complexity index is 616. The van der Waals surface area contributed by atoms with Gasteiger partial charge in [-0.2, -0.15) is 4.31 Å². The van der Waals surface area contributed by atoms with Crippen molar-refractivity contribution in [2.24, 2.45) is 0 Å². The van der Waals surface area contributed by atoms with E-state index in [0.29, 0.717) is 24.0 Å². The molecule has 1 N–H and O–H groups in total. The third kappa shape index (κ3) is 4.36. The van der Waals surface area contributed by atoms with E-state index in [2.05, 4.69) is 17.3 Å². The predicted molar refractivity (Wildman–Crippen MR) is 96.4 cm³/mol.